The summed E-state index contributed by atoms with van der Waals surface area (Å²) in [6, 6.07) is 19.4. The van der Waals surface area contributed by atoms with Gasteiger partial charge in [-0.2, -0.15) is 0 Å². The molecule has 3 aromatic rings. The lowest BCUT2D eigenvalue weighted by molar-refractivity contribution is -0.143. The molecular formula is C21H20BrNO2S. The molecule has 1 saturated heterocycles. The second-order valence-corrected chi connectivity index (χ2v) is 8.82. The summed E-state index contributed by atoms with van der Waals surface area (Å²) in [5.74, 6) is -0.873. The summed E-state index contributed by atoms with van der Waals surface area (Å²) in [5, 5.41) is 10.6. The number of carboxylic acid groups (broad SMARTS) is 1. The maximum absolute atomic E-state index is 11.3. The molecule has 1 fully saturated rings. The van der Waals surface area contributed by atoms with Crippen molar-refractivity contribution < 1.29 is 9.90 Å². The van der Waals surface area contributed by atoms with E-state index in [0.717, 1.165) is 17.6 Å². The number of thiophene rings is 1. The third-order valence-electron chi connectivity index (χ3n) is 5.12. The molecule has 1 unspecified atom stereocenters. The van der Waals surface area contributed by atoms with Crippen LogP contribution in [0, 0.1) is 5.92 Å². The number of fused-ring (bicyclic) bond motifs is 1. The van der Waals surface area contributed by atoms with Gasteiger partial charge in [-0.3, -0.25) is 9.69 Å². The molecule has 0 radical (unpaired) electrons. The minimum absolute atomic E-state index is 0.166. The average molecular weight is 430 g/mol. The number of hydrogen-bond acceptors (Lipinski definition) is 3. The van der Waals surface area contributed by atoms with Gasteiger partial charge in [-0.25, -0.2) is 0 Å². The van der Waals surface area contributed by atoms with Crippen molar-refractivity contribution in [3.05, 3.63) is 69.5 Å². The first-order valence-corrected chi connectivity index (χ1v) is 10.4. The normalized spacial score (nSPS) is 17.4. The molecule has 1 aromatic heterocycles. The van der Waals surface area contributed by atoms with Crippen molar-refractivity contribution in [2.75, 3.05) is 13.1 Å². The van der Waals surface area contributed by atoms with E-state index in [-0.39, 0.29) is 12.0 Å². The van der Waals surface area contributed by atoms with E-state index in [0.29, 0.717) is 12.8 Å². The number of aliphatic carboxylic acids is 1. The first-order valence-electron chi connectivity index (χ1n) is 8.82. The van der Waals surface area contributed by atoms with Gasteiger partial charge in [0.05, 0.1) is 12.0 Å². The van der Waals surface area contributed by atoms with Gasteiger partial charge < -0.3 is 5.11 Å². The Kier molecular flexibility index (Phi) is 5.11. The second-order valence-electron chi connectivity index (χ2n) is 6.79. The molecule has 0 aliphatic carbocycles. The molecule has 0 saturated carbocycles. The predicted molar refractivity (Wildman–Crippen MR) is 110 cm³/mol. The Hall–Kier alpha value is -1.69. The highest BCUT2D eigenvalue weighted by molar-refractivity contribution is 9.10. The number of halogens is 1. The Morgan fingerprint density at radius 1 is 1.12 bits per heavy atom. The Bertz CT molecular complexity index is 897. The molecule has 3 nitrogen and oxygen atoms in total. The molecule has 2 aromatic carbocycles. The number of benzene rings is 2. The molecular weight excluding hydrogens is 410 g/mol. The van der Waals surface area contributed by atoms with Crippen molar-refractivity contribution in [1.82, 2.24) is 4.90 Å². The Morgan fingerprint density at radius 3 is 2.58 bits per heavy atom. The predicted octanol–water partition coefficient (Wildman–Crippen LogP) is 5.55. The summed E-state index contributed by atoms with van der Waals surface area (Å²) >= 11 is 5.43. The van der Waals surface area contributed by atoms with Crippen LogP contribution in [0.2, 0.25) is 0 Å². The summed E-state index contributed by atoms with van der Waals surface area (Å²) in [7, 11) is 0. The van der Waals surface area contributed by atoms with Gasteiger partial charge in [0.2, 0.25) is 0 Å². The van der Waals surface area contributed by atoms with E-state index in [1.54, 1.807) is 0 Å². The lowest BCUT2D eigenvalue weighted by Crippen LogP contribution is -2.39. The van der Waals surface area contributed by atoms with E-state index >= 15 is 0 Å². The van der Waals surface area contributed by atoms with Crippen LogP contribution in [0.1, 0.15) is 29.3 Å². The summed E-state index contributed by atoms with van der Waals surface area (Å²) in [4.78, 5) is 15.1. The van der Waals surface area contributed by atoms with Crippen LogP contribution in [0.4, 0.5) is 0 Å². The number of likely N-dealkylation sites (tertiary alicyclic amines) is 1. The molecule has 1 aliphatic rings. The van der Waals surface area contributed by atoms with Gasteiger partial charge in [0.15, 0.2) is 0 Å². The van der Waals surface area contributed by atoms with Crippen molar-refractivity contribution >= 4 is 43.3 Å². The zero-order chi connectivity index (χ0) is 18.1. The number of carbonyl (C=O) groups is 1. The van der Waals surface area contributed by atoms with Crippen LogP contribution in [0.25, 0.3) is 10.1 Å². The van der Waals surface area contributed by atoms with Gasteiger partial charge >= 0.3 is 5.97 Å². The van der Waals surface area contributed by atoms with Crippen LogP contribution in [-0.2, 0) is 4.79 Å². The highest BCUT2D eigenvalue weighted by atomic mass is 79.9. The maximum atomic E-state index is 11.3. The number of rotatable bonds is 4. The third kappa shape index (κ3) is 3.56. The lowest BCUT2D eigenvalue weighted by Gasteiger charge is -2.36. The molecule has 1 N–H and O–H groups in total. The van der Waals surface area contributed by atoms with Crippen molar-refractivity contribution in [2.45, 2.75) is 18.9 Å². The fraction of sp³-hybridized carbons (Fsp3) is 0.286. The monoisotopic (exact) mass is 429 g/mol. The van der Waals surface area contributed by atoms with Gasteiger partial charge in [0.1, 0.15) is 0 Å². The number of nitrogens with zero attached hydrogens (tertiary/aromatic N) is 1. The largest absolute Gasteiger partial charge is 0.481 e. The third-order valence-corrected chi connectivity index (χ3v) is 6.78. The summed E-state index contributed by atoms with van der Waals surface area (Å²) in [5.41, 5.74) is 1.25. The van der Waals surface area contributed by atoms with E-state index in [2.05, 4.69) is 69.4 Å². The number of carboxylic acids is 1. The fourth-order valence-corrected chi connectivity index (χ4v) is 5.42. The average Bonchev–Trinajstić information content (AvgIpc) is 3.06. The lowest BCUT2D eigenvalue weighted by atomic mass is 9.93. The molecule has 134 valence electrons. The summed E-state index contributed by atoms with van der Waals surface area (Å²) in [6.07, 6.45) is 1.43. The SMILES string of the molecule is O=C(O)C1CCN(C(c2cccc(Br)c2)c2cc3ccccc3s2)CC1. The molecule has 2 heterocycles. The van der Waals surface area contributed by atoms with Gasteiger partial charge in [-0.1, -0.05) is 46.3 Å². The fourth-order valence-electron chi connectivity index (χ4n) is 3.77. The summed E-state index contributed by atoms with van der Waals surface area (Å²) < 4.78 is 2.37. The van der Waals surface area contributed by atoms with Gasteiger partial charge in [-0.15, -0.1) is 11.3 Å². The van der Waals surface area contributed by atoms with Crippen LogP contribution >= 0.6 is 27.3 Å². The zero-order valence-electron chi connectivity index (χ0n) is 14.3. The second kappa shape index (κ2) is 7.51. The topological polar surface area (TPSA) is 40.5 Å². The molecule has 0 bridgehead atoms. The van der Waals surface area contributed by atoms with Crippen molar-refractivity contribution in [1.29, 1.82) is 0 Å². The molecule has 5 heteroatoms. The smallest absolute Gasteiger partial charge is 0.306 e. The molecule has 0 spiro atoms. The Labute approximate surface area is 165 Å². The highest BCUT2D eigenvalue weighted by Crippen LogP contribution is 2.39. The first kappa shape index (κ1) is 17.7. The van der Waals surface area contributed by atoms with Gasteiger partial charge in [-0.05, 0) is 61.1 Å². The summed E-state index contributed by atoms with van der Waals surface area (Å²) in [6.45, 7) is 1.62. The van der Waals surface area contributed by atoms with E-state index in [1.807, 2.05) is 17.4 Å². The molecule has 1 aliphatic heterocycles. The van der Waals surface area contributed by atoms with E-state index in [4.69, 9.17) is 0 Å². The van der Waals surface area contributed by atoms with Crippen molar-refractivity contribution in [3.63, 3.8) is 0 Å². The van der Waals surface area contributed by atoms with Crippen LogP contribution < -0.4 is 0 Å². The first-order chi connectivity index (χ1) is 12.6. The van der Waals surface area contributed by atoms with Crippen LogP contribution in [0.3, 0.4) is 0 Å². The van der Waals surface area contributed by atoms with Crippen LogP contribution in [-0.4, -0.2) is 29.1 Å². The van der Waals surface area contributed by atoms with Crippen molar-refractivity contribution in [3.8, 4) is 0 Å². The molecule has 4 rings (SSSR count). The zero-order valence-corrected chi connectivity index (χ0v) is 16.7. The van der Waals surface area contributed by atoms with Crippen molar-refractivity contribution in [2.24, 2.45) is 5.92 Å². The van der Waals surface area contributed by atoms with E-state index < -0.39 is 5.97 Å². The highest BCUT2D eigenvalue weighted by Gasteiger charge is 2.31. The minimum Gasteiger partial charge on any atom is -0.481 e. The van der Waals surface area contributed by atoms with Crippen LogP contribution in [0.15, 0.2) is 59.1 Å². The molecule has 26 heavy (non-hydrogen) atoms. The number of piperidine rings is 1. The molecule has 0 amide bonds. The maximum Gasteiger partial charge on any atom is 0.306 e. The van der Waals surface area contributed by atoms with Gasteiger partial charge in [0, 0.05) is 14.0 Å². The Balaban J connectivity index is 1.71. The van der Waals surface area contributed by atoms with E-state index in [9.17, 15) is 9.90 Å². The standard InChI is InChI=1S/C21H20BrNO2S/c22-17-6-3-5-16(12-17)20(23-10-8-14(9-11-23)21(24)25)19-13-15-4-1-2-7-18(15)26-19/h1-7,12-14,20H,8-11H2,(H,24,25). The quantitative estimate of drug-likeness (QED) is 0.590. The minimum atomic E-state index is -0.662. The Morgan fingerprint density at radius 2 is 1.88 bits per heavy atom. The van der Waals surface area contributed by atoms with E-state index in [1.165, 1.54) is 20.5 Å². The number of hydrogen-bond donors (Lipinski definition) is 1. The van der Waals surface area contributed by atoms with Crippen LogP contribution in [0.5, 0.6) is 0 Å². The van der Waals surface area contributed by atoms with Gasteiger partial charge in [0.25, 0.3) is 0 Å². The molecule has 1 atom stereocenters.